The highest BCUT2D eigenvalue weighted by molar-refractivity contribution is 5.72. The van der Waals surface area contributed by atoms with Gasteiger partial charge in [0.1, 0.15) is 0 Å². The molecule has 0 radical (unpaired) electrons. The van der Waals surface area contributed by atoms with Gasteiger partial charge < -0.3 is 14.7 Å². The fourth-order valence-electron chi connectivity index (χ4n) is 2.04. The van der Waals surface area contributed by atoms with E-state index in [1.807, 2.05) is 14.0 Å². The van der Waals surface area contributed by atoms with Crippen LogP contribution in [0.4, 0.5) is 0 Å². The number of hydrogen-bond donors (Lipinski definition) is 1. The fraction of sp³-hybridized carbons (Fsp3) is 0.900. The molecule has 0 spiro atoms. The van der Waals surface area contributed by atoms with Crippen molar-refractivity contribution in [1.29, 1.82) is 0 Å². The number of nitrogens with zero attached hydrogens (tertiary/aromatic N) is 1. The average Bonchev–Trinajstić information content (AvgIpc) is 2.13. The topological polar surface area (TPSA) is 49.8 Å². The number of piperidine rings is 1. The zero-order valence-electron chi connectivity index (χ0n) is 8.90. The highest BCUT2D eigenvalue weighted by Gasteiger charge is 2.31. The third-order valence-corrected chi connectivity index (χ3v) is 2.68. The quantitative estimate of drug-likeness (QED) is 0.731. The van der Waals surface area contributed by atoms with Crippen molar-refractivity contribution >= 4 is 5.97 Å². The summed E-state index contributed by atoms with van der Waals surface area (Å²) in [7, 11) is 2.02. The number of rotatable bonds is 4. The van der Waals surface area contributed by atoms with Gasteiger partial charge in [-0.15, -0.1) is 0 Å². The molecule has 1 aliphatic heterocycles. The number of aliphatic carboxylic acids is 1. The monoisotopic (exact) mass is 201 g/mol. The zero-order valence-corrected chi connectivity index (χ0v) is 8.90. The lowest BCUT2D eigenvalue weighted by Gasteiger charge is -2.32. The Morgan fingerprint density at radius 2 is 2.43 bits per heavy atom. The van der Waals surface area contributed by atoms with Gasteiger partial charge in [0.15, 0.2) is 6.10 Å². The minimum Gasteiger partial charge on any atom is -0.479 e. The Labute approximate surface area is 84.8 Å². The van der Waals surface area contributed by atoms with Gasteiger partial charge in [0, 0.05) is 19.1 Å². The number of carboxylic acid groups (broad SMARTS) is 1. The van der Waals surface area contributed by atoms with E-state index in [4.69, 9.17) is 9.84 Å². The molecule has 0 bridgehead atoms. The zero-order chi connectivity index (χ0) is 10.6. The molecule has 4 heteroatoms. The second kappa shape index (κ2) is 5.32. The van der Waals surface area contributed by atoms with Crippen molar-refractivity contribution in [1.82, 2.24) is 4.90 Å². The van der Waals surface area contributed by atoms with E-state index >= 15 is 0 Å². The van der Waals surface area contributed by atoms with Crippen LogP contribution in [0.5, 0.6) is 0 Å². The van der Waals surface area contributed by atoms with Crippen LogP contribution in [-0.4, -0.2) is 48.8 Å². The molecule has 0 amide bonds. The van der Waals surface area contributed by atoms with E-state index in [0.29, 0.717) is 6.61 Å². The van der Waals surface area contributed by atoms with Crippen LogP contribution >= 0.6 is 0 Å². The van der Waals surface area contributed by atoms with E-state index in [0.717, 1.165) is 25.9 Å². The molecule has 2 unspecified atom stereocenters. The minimum absolute atomic E-state index is 0.145. The number of carbonyl (C=O) groups is 1. The summed E-state index contributed by atoms with van der Waals surface area (Å²) in [5, 5.41) is 9.00. The van der Waals surface area contributed by atoms with E-state index in [2.05, 4.69) is 4.90 Å². The molecule has 0 aromatic heterocycles. The van der Waals surface area contributed by atoms with Crippen LogP contribution in [-0.2, 0) is 9.53 Å². The van der Waals surface area contributed by atoms with Crippen LogP contribution in [0.1, 0.15) is 19.8 Å². The highest BCUT2D eigenvalue weighted by atomic mass is 16.5. The van der Waals surface area contributed by atoms with Crippen LogP contribution < -0.4 is 0 Å². The summed E-state index contributed by atoms with van der Waals surface area (Å²) in [6.45, 7) is 4.20. The van der Waals surface area contributed by atoms with E-state index in [-0.39, 0.29) is 5.92 Å². The molecule has 0 aliphatic carbocycles. The van der Waals surface area contributed by atoms with Gasteiger partial charge in [0.2, 0.25) is 0 Å². The van der Waals surface area contributed by atoms with Crippen molar-refractivity contribution in [3.8, 4) is 0 Å². The van der Waals surface area contributed by atoms with Crippen LogP contribution in [0.2, 0.25) is 0 Å². The SMILES string of the molecule is CCOC(C(=O)O)C1CCCN(C)C1. The molecule has 0 saturated carbocycles. The van der Waals surface area contributed by atoms with Crippen molar-refractivity contribution in [3.05, 3.63) is 0 Å². The van der Waals surface area contributed by atoms with Crippen LogP contribution in [0.25, 0.3) is 0 Å². The highest BCUT2D eigenvalue weighted by Crippen LogP contribution is 2.21. The predicted molar refractivity (Wildman–Crippen MR) is 53.3 cm³/mol. The standard InChI is InChI=1S/C10H19NO3/c1-3-14-9(10(12)13)8-5-4-6-11(2)7-8/h8-9H,3-7H2,1-2H3,(H,12,13). The Bertz CT molecular complexity index is 196. The molecule has 4 nitrogen and oxygen atoms in total. The molecule has 1 N–H and O–H groups in total. The van der Waals surface area contributed by atoms with Gasteiger partial charge in [-0.2, -0.15) is 0 Å². The van der Waals surface area contributed by atoms with Crippen molar-refractivity contribution in [2.24, 2.45) is 5.92 Å². The Morgan fingerprint density at radius 1 is 1.71 bits per heavy atom. The van der Waals surface area contributed by atoms with Gasteiger partial charge in [-0.3, -0.25) is 0 Å². The summed E-state index contributed by atoms with van der Waals surface area (Å²) in [4.78, 5) is 13.1. The van der Waals surface area contributed by atoms with E-state index < -0.39 is 12.1 Å². The first-order valence-electron chi connectivity index (χ1n) is 5.18. The summed E-state index contributed by atoms with van der Waals surface area (Å²) in [5.74, 6) is -0.682. The van der Waals surface area contributed by atoms with Crippen molar-refractivity contribution in [3.63, 3.8) is 0 Å². The van der Waals surface area contributed by atoms with Crippen molar-refractivity contribution in [2.45, 2.75) is 25.9 Å². The summed E-state index contributed by atoms with van der Waals surface area (Å²) < 4.78 is 5.26. The molecular weight excluding hydrogens is 182 g/mol. The van der Waals surface area contributed by atoms with Gasteiger partial charge in [-0.25, -0.2) is 4.79 Å². The molecular formula is C10H19NO3. The Morgan fingerprint density at radius 3 is 2.93 bits per heavy atom. The lowest BCUT2D eigenvalue weighted by atomic mass is 9.93. The summed E-state index contributed by atoms with van der Waals surface area (Å²) in [6.07, 6.45) is 1.40. The lowest BCUT2D eigenvalue weighted by molar-refractivity contribution is -0.155. The second-order valence-corrected chi connectivity index (χ2v) is 3.88. The molecule has 2 atom stereocenters. The molecule has 0 aromatic carbocycles. The lowest BCUT2D eigenvalue weighted by Crippen LogP contribution is -2.42. The summed E-state index contributed by atoms with van der Waals surface area (Å²) in [6, 6.07) is 0. The van der Waals surface area contributed by atoms with E-state index in [1.54, 1.807) is 0 Å². The molecule has 1 aliphatic rings. The van der Waals surface area contributed by atoms with Crippen LogP contribution in [0, 0.1) is 5.92 Å². The first-order chi connectivity index (χ1) is 6.65. The third kappa shape index (κ3) is 2.96. The largest absolute Gasteiger partial charge is 0.479 e. The minimum atomic E-state index is -0.827. The Hall–Kier alpha value is -0.610. The molecule has 0 aromatic rings. The molecule has 1 saturated heterocycles. The number of ether oxygens (including phenoxy) is 1. The van der Waals surface area contributed by atoms with Crippen LogP contribution in [0.3, 0.4) is 0 Å². The second-order valence-electron chi connectivity index (χ2n) is 3.88. The first-order valence-corrected chi connectivity index (χ1v) is 5.18. The normalized spacial score (nSPS) is 26.0. The third-order valence-electron chi connectivity index (χ3n) is 2.68. The van der Waals surface area contributed by atoms with E-state index in [9.17, 15) is 4.79 Å². The maximum atomic E-state index is 11.0. The maximum Gasteiger partial charge on any atom is 0.333 e. The van der Waals surface area contributed by atoms with E-state index in [1.165, 1.54) is 0 Å². The smallest absolute Gasteiger partial charge is 0.333 e. The van der Waals surface area contributed by atoms with Gasteiger partial charge in [0.25, 0.3) is 0 Å². The number of carboxylic acids is 1. The first kappa shape index (κ1) is 11.5. The van der Waals surface area contributed by atoms with Crippen LogP contribution in [0.15, 0.2) is 0 Å². The molecule has 1 heterocycles. The molecule has 82 valence electrons. The van der Waals surface area contributed by atoms with Gasteiger partial charge in [0.05, 0.1) is 0 Å². The summed E-state index contributed by atoms with van der Waals surface area (Å²) >= 11 is 0. The average molecular weight is 201 g/mol. The van der Waals surface area contributed by atoms with Gasteiger partial charge in [-0.05, 0) is 33.4 Å². The Kier molecular flexibility index (Phi) is 4.35. The maximum absolute atomic E-state index is 11.0. The van der Waals surface area contributed by atoms with Crippen molar-refractivity contribution < 1.29 is 14.6 Å². The van der Waals surface area contributed by atoms with Crippen molar-refractivity contribution in [2.75, 3.05) is 26.7 Å². The van der Waals surface area contributed by atoms with Gasteiger partial charge in [-0.1, -0.05) is 0 Å². The predicted octanol–water partition coefficient (Wildman–Crippen LogP) is 0.818. The van der Waals surface area contributed by atoms with Gasteiger partial charge >= 0.3 is 5.97 Å². The fourth-order valence-corrected chi connectivity index (χ4v) is 2.04. The Balaban J connectivity index is 2.53. The molecule has 14 heavy (non-hydrogen) atoms. The summed E-state index contributed by atoms with van der Waals surface area (Å²) in [5.41, 5.74) is 0. The number of hydrogen-bond acceptors (Lipinski definition) is 3. The molecule has 1 fully saturated rings. The molecule has 1 rings (SSSR count). The number of likely N-dealkylation sites (tertiary alicyclic amines) is 1.